The number of halogens is 1. The van der Waals surface area contributed by atoms with E-state index < -0.39 is 23.8 Å². The van der Waals surface area contributed by atoms with E-state index in [1.54, 1.807) is 29.2 Å². The molecule has 0 unspecified atom stereocenters. The van der Waals surface area contributed by atoms with Crippen molar-refractivity contribution in [2.45, 2.75) is 44.7 Å². The summed E-state index contributed by atoms with van der Waals surface area (Å²) in [6.45, 7) is 7.73. The van der Waals surface area contributed by atoms with Crippen LogP contribution in [0.3, 0.4) is 0 Å². The molecule has 2 N–H and O–H groups in total. The molecule has 0 aliphatic carbocycles. The monoisotopic (exact) mass is 614 g/mol. The van der Waals surface area contributed by atoms with Crippen molar-refractivity contribution in [2.75, 3.05) is 19.8 Å². The van der Waals surface area contributed by atoms with Crippen molar-refractivity contribution < 1.29 is 28.6 Å². The van der Waals surface area contributed by atoms with Crippen molar-refractivity contribution in [3.63, 3.8) is 0 Å². The van der Waals surface area contributed by atoms with Crippen molar-refractivity contribution in [1.29, 1.82) is 0 Å². The van der Waals surface area contributed by atoms with Gasteiger partial charge in [0.15, 0.2) is 0 Å². The van der Waals surface area contributed by atoms with E-state index in [1.807, 2.05) is 60.7 Å². The van der Waals surface area contributed by atoms with Crippen molar-refractivity contribution in [1.82, 2.24) is 10.2 Å². The SMILES string of the molecule is C=CC[C@H](CC(=O)N(CCO)Cc1ccccc1)C(=O)N[C@H](COC(=O)[C@@H](CC=C)Cc1ccc(F)cc1)Cc1ccccc1. The van der Waals surface area contributed by atoms with E-state index in [0.717, 1.165) is 16.7 Å². The summed E-state index contributed by atoms with van der Waals surface area (Å²) in [5.74, 6) is -2.62. The molecule has 0 aromatic heterocycles. The van der Waals surface area contributed by atoms with E-state index in [0.29, 0.717) is 25.8 Å². The Morgan fingerprint density at radius 2 is 1.40 bits per heavy atom. The van der Waals surface area contributed by atoms with Crippen LogP contribution < -0.4 is 5.32 Å². The minimum atomic E-state index is -0.701. The van der Waals surface area contributed by atoms with E-state index in [2.05, 4.69) is 18.5 Å². The Morgan fingerprint density at radius 3 is 2.00 bits per heavy atom. The van der Waals surface area contributed by atoms with E-state index in [9.17, 15) is 23.9 Å². The molecule has 0 heterocycles. The van der Waals surface area contributed by atoms with Crippen molar-refractivity contribution in [3.8, 4) is 0 Å². The number of aliphatic hydroxyl groups excluding tert-OH is 1. The third kappa shape index (κ3) is 12.2. The average Bonchev–Trinajstić information content (AvgIpc) is 3.04. The lowest BCUT2D eigenvalue weighted by Crippen LogP contribution is -2.45. The quantitative estimate of drug-likeness (QED) is 0.139. The van der Waals surface area contributed by atoms with Crippen LogP contribution in [0.5, 0.6) is 0 Å². The van der Waals surface area contributed by atoms with Gasteiger partial charge in [0.05, 0.1) is 24.5 Å². The van der Waals surface area contributed by atoms with Crippen LogP contribution in [0.15, 0.2) is 110 Å². The first-order valence-corrected chi connectivity index (χ1v) is 15.2. The largest absolute Gasteiger partial charge is 0.463 e. The summed E-state index contributed by atoms with van der Waals surface area (Å²) in [4.78, 5) is 41.6. The highest BCUT2D eigenvalue weighted by molar-refractivity contribution is 5.86. The summed E-state index contributed by atoms with van der Waals surface area (Å²) >= 11 is 0. The van der Waals surface area contributed by atoms with Gasteiger partial charge in [0.25, 0.3) is 0 Å². The third-order valence-electron chi connectivity index (χ3n) is 7.46. The van der Waals surface area contributed by atoms with E-state index >= 15 is 0 Å². The van der Waals surface area contributed by atoms with Crippen LogP contribution in [-0.2, 0) is 38.5 Å². The van der Waals surface area contributed by atoms with Gasteiger partial charge in [0, 0.05) is 19.5 Å². The van der Waals surface area contributed by atoms with Gasteiger partial charge in [-0.05, 0) is 54.5 Å². The Labute approximate surface area is 265 Å². The van der Waals surface area contributed by atoms with E-state index in [1.165, 1.54) is 12.1 Å². The number of benzene rings is 3. The zero-order chi connectivity index (χ0) is 32.4. The Kier molecular flexibility index (Phi) is 14.7. The van der Waals surface area contributed by atoms with Gasteiger partial charge < -0.3 is 20.1 Å². The number of aliphatic hydroxyl groups is 1. The van der Waals surface area contributed by atoms with Crippen LogP contribution in [0.1, 0.15) is 36.0 Å². The second-order valence-corrected chi connectivity index (χ2v) is 11.0. The highest BCUT2D eigenvalue weighted by Gasteiger charge is 2.27. The molecule has 0 aliphatic rings. The van der Waals surface area contributed by atoms with Crippen LogP contribution >= 0.6 is 0 Å². The number of carbonyl (C=O) groups excluding carboxylic acids is 3. The third-order valence-corrected chi connectivity index (χ3v) is 7.46. The maximum Gasteiger partial charge on any atom is 0.309 e. The molecule has 0 saturated heterocycles. The van der Waals surface area contributed by atoms with Gasteiger partial charge in [-0.2, -0.15) is 0 Å². The lowest BCUT2D eigenvalue weighted by Gasteiger charge is -2.26. The normalized spacial score (nSPS) is 12.8. The fourth-order valence-corrected chi connectivity index (χ4v) is 5.08. The number of allylic oxidation sites excluding steroid dienone is 2. The number of esters is 1. The molecule has 8 heteroatoms. The fourth-order valence-electron chi connectivity index (χ4n) is 5.08. The van der Waals surface area contributed by atoms with Crippen LogP contribution in [0.25, 0.3) is 0 Å². The molecule has 3 rings (SSSR count). The molecule has 0 aliphatic heterocycles. The molecule has 238 valence electrons. The number of carbonyl (C=O) groups is 3. The molecule has 0 radical (unpaired) electrons. The first-order chi connectivity index (χ1) is 21.8. The van der Waals surface area contributed by atoms with Gasteiger partial charge >= 0.3 is 5.97 Å². The van der Waals surface area contributed by atoms with Crippen LogP contribution in [0.4, 0.5) is 4.39 Å². The highest BCUT2D eigenvalue weighted by atomic mass is 19.1. The second-order valence-electron chi connectivity index (χ2n) is 11.0. The molecule has 45 heavy (non-hydrogen) atoms. The van der Waals surface area contributed by atoms with Crippen LogP contribution in [0.2, 0.25) is 0 Å². The highest BCUT2D eigenvalue weighted by Crippen LogP contribution is 2.18. The Hall–Kier alpha value is -4.56. The van der Waals surface area contributed by atoms with Crippen molar-refractivity contribution in [2.24, 2.45) is 11.8 Å². The summed E-state index contributed by atoms with van der Waals surface area (Å²) in [6, 6.07) is 24.4. The Morgan fingerprint density at radius 1 is 0.822 bits per heavy atom. The van der Waals surface area contributed by atoms with Crippen LogP contribution in [-0.4, -0.2) is 53.6 Å². The Balaban J connectivity index is 1.70. The molecule has 0 saturated carbocycles. The van der Waals surface area contributed by atoms with Gasteiger partial charge in [0.2, 0.25) is 11.8 Å². The second kappa shape index (κ2) is 19.0. The number of ether oxygens (including phenoxy) is 1. The molecular formula is C37H43FN2O5. The summed E-state index contributed by atoms with van der Waals surface area (Å²) in [7, 11) is 0. The van der Waals surface area contributed by atoms with Crippen molar-refractivity contribution in [3.05, 3.63) is 133 Å². The number of hydrogen-bond acceptors (Lipinski definition) is 5. The first-order valence-electron chi connectivity index (χ1n) is 15.2. The number of nitrogens with zero attached hydrogens (tertiary/aromatic N) is 1. The molecule has 3 aromatic rings. The Bertz CT molecular complexity index is 1360. The lowest BCUT2D eigenvalue weighted by atomic mass is 9.96. The van der Waals surface area contributed by atoms with Gasteiger partial charge in [-0.1, -0.05) is 84.9 Å². The molecule has 7 nitrogen and oxygen atoms in total. The number of amides is 2. The first kappa shape index (κ1) is 34.9. The minimum Gasteiger partial charge on any atom is -0.463 e. The minimum absolute atomic E-state index is 0.0678. The molecule has 2 amide bonds. The zero-order valence-corrected chi connectivity index (χ0v) is 25.7. The number of nitrogens with one attached hydrogen (secondary N) is 1. The summed E-state index contributed by atoms with van der Waals surface area (Å²) in [5, 5.41) is 12.6. The molecule has 3 aromatic carbocycles. The number of rotatable bonds is 19. The fraction of sp³-hybridized carbons (Fsp3) is 0.324. The summed E-state index contributed by atoms with van der Waals surface area (Å²) in [6.07, 6.45) is 4.60. The van der Waals surface area contributed by atoms with Crippen molar-refractivity contribution >= 4 is 17.8 Å². The predicted molar refractivity (Wildman–Crippen MR) is 173 cm³/mol. The summed E-state index contributed by atoms with van der Waals surface area (Å²) < 4.78 is 19.1. The number of hydrogen-bond donors (Lipinski definition) is 2. The van der Waals surface area contributed by atoms with E-state index in [-0.39, 0.29) is 50.2 Å². The van der Waals surface area contributed by atoms with E-state index in [4.69, 9.17) is 4.74 Å². The average molecular weight is 615 g/mol. The summed E-state index contributed by atoms with van der Waals surface area (Å²) in [5.41, 5.74) is 2.66. The maximum atomic E-state index is 13.6. The van der Waals surface area contributed by atoms with Gasteiger partial charge in [0.1, 0.15) is 12.4 Å². The zero-order valence-electron chi connectivity index (χ0n) is 25.7. The predicted octanol–water partition coefficient (Wildman–Crippen LogP) is 5.43. The maximum absolute atomic E-state index is 13.6. The molecule has 0 bridgehead atoms. The molecule has 0 fully saturated rings. The smallest absolute Gasteiger partial charge is 0.309 e. The van der Waals surface area contributed by atoms with Gasteiger partial charge in [-0.15, -0.1) is 13.2 Å². The topological polar surface area (TPSA) is 95.9 Å². The lowest BCUT2D eigenvalue weighted by molar-refractivity contribution is -0.149. The van der Waals surface area contributed by atoms with Crippen LogP contribution in [0, 0.1) is 17.7 Å². The molecular weight excluding hydrogens is 571 g/mol. The molecule has 3 atom stereocenters. The molecule has 0 spiro atoms. The van der Waals surface area contributed by atoms with Gasteiger partial charge in [-0.25, -0.2) is 4.39 Å². The standard InChI is InChI=1S/C37H43FN2O5/c1-3-11-31(25-35(42)40(21-22-41)26-30-15-9-6-10-16-30)36(43)39-34(24-28-13-7-5-8-14-28)27-45-37(44)32(12-4-2)23-29-17-19-33(38)20-18-29/h3-10,13-20,31-32,34,41H,1-2,11-12,21-27H2,(H,39,43)/t31-,32+,34+/m1/s1. The van der Waals surface area contributed by atoms with Gasteiger partial charge in [-0.3, -0.25) is 14.4 Å².